The van der Waals surface area contributed by atoms with Crippen LogP contribution in [0.3, 0.4) is 0 Å². The zero-order valence-electron chi connectivity index (χ0n) is 14.2. The molecule has 0 saturated carbocycles. The molecule has 8 heteroatoms. The topological polar surface area (TPSA) is 96.9 Å². The van der Waals surface area contributed by atoms with Crippen LogP contribution in [0.25, 0.3) is 6.08 Å². The van der Waals surface area contributed by atoms with Gasteiger partial charge in [-0.2, -0.15) is 10.5 Å². The molecule has 128 valence electrons. The van der Waals surface area contributed by atoms with Crippen LogP contribution in [-0.2, 0) is 0 Å². The van der Waals surface area contributed by atoms with Crippen molar-refractivity contribution in [2.45, 2.75) is 0 Å². The Morgan fingerprint density at radius 1 is 1.07 bits per heavy atom. The summed E-state index contributed by atoms with van der Waals surface area (Å²) >= 11 is 12.0. The number of nitrogens with zero attached hydrogens (tertiary/aromatic N) is 2. The molecule has 2 N–H and O–H groups in total. The maximum Gasteiger partial charge on any atom is 1.00 e. The van der Waals surface area contributed by atoms with Crippen molar-refractivity contribution < 1.29 is 61.3 Å². The van der Waals surface area contributed by atoms with Gasteiger partial charge < -0.3 is 10.4 Å². The number of amides is 1. The van der Waals surface area contributed by atoms with E-state index in [1.165, 1.54) is 12.1 Å². The Bertz CT molecular complexity index is 974. The molecule has 0 bridgehead atoms. The molecular formula is C19H11Cl2KN3O2+. The number of nitrogens with one attached hydrogen (secondary N) is 1. The van der Waals surface area contributed by atoms with Crippen molar-refractivity contribution in [1.29, 1.82) is 10.5 Å². The van der Waals surface area contributed by atoms with Crippen LogP contribution in [0.15, 0.2) is 65.6 Å². The number of aliphatic hydroxyl groups is 1. The second-order valence-electron chi connectivity index (χ2n) is 4.99. The normalized spacial score (nSPS) is 10.0. The molecule has 2 rings (SSSR count). The summed E-state index contributed by atoms with van der Waals surface area (Å²) in [6.07, 6.45) is 1.35. The van der Waals surface area contributed by atoms with Gasteiger partial charge in [0.1, 0.15) is 12.1 Å². The van der Waals surface area contributed by atoms with E-state index in [-0.39, 0.29) is 62.1 Å². The Morgan fingerprint density at radius 3 is 2.26 bits per heavy atom. The molecule has 2 aromatic rings. The van der Waals surface area contributed by atoms with E-state index in [4.69, 9.17) is 33.7 Å². The number of hydrogen-bond acceptors (Lipinski definition) is 4. The molecule has 0 atom stereocenters. The molecule has 1 amide bonds. The van der Waals surface area contributed by atoms with Crippen LogP contribution in [0.4, 0.5) is 0 Å². The van der Waals surface area contributed by atoms with E-state index in [1.807, 2.05) is 0 Å². The number of carbonyl (C=O) groups is 1. The number of aliphatic hydroxyl groups excluding tert-OH is 1. The SMILES string of the molecule is N#CC(C#N)=C(O)/C(=C/c1ccc(Cl)cc1Cl)NC(=O)c1ccccc1.[K+]. The van der Waals surface area contributed by atoms with Gasteiger partial charge in [-0.05, 0) is 35.9 Å². The van der Waals surface area contributed by atoms with Crippen molar-refractivity contribution in [2.75, 3.05) is 0 Å². The van der Waals surface area contributed by atoms with Gasteiger partial charge in [0, 0.05) is 15.6 Å². The zero-order chi connectivity index (χ0) is 19.1. The molecule has 0 aliphatic carbocycles. The van der Waals surface area contributed by atoms with Gasteiger partial charge in [-0.1, -0.05) is 47.5 Å². The minimum Gasteiger partial charge on any atom is -0.504 e. The minimum atomic E-state index is -0.662. The van der Waals surface area contributed by atoms with Crippen LogP contribution in [-0.4, -0.2) is 11.0 Å². The fourth-order valence-corrected chi connectivity index (χ4v) is 2.45. The van der Waals surface area contributed by atoms with Gasteiger partial charge in [0.25, 0.3) is 5.91 Å². The predicted molar refractivity (Wildman–Crippen MR) is 99.2 cm³/mol. The number of hydrogen-bond donors (Lipinski definition) is 2. The van der Waals surface area contributed by atoms with Gasteiger partial charge in [-0.15, -0.1) is 0 Å². The summed E-state index contributed by atoms with van der Waals surface area (Å²) in [5.41, 5.74) is 0.0842. The van der Waals surface area contributed by atoms with Crippen molar-refractivity contribution in [3.8, 4) is 12.1 Å². The summed E-state index contributed by atoms with van der Waals surface area (Å²) in [5.74, 6) is -1.19. The largest absolute Gasteiger partial charge is 1.00 e. The van der Waals surface area contributed by atoms with Gasteiger partial charge in [0.2, 0.25) is 0 Å². The summed E-state index contributed by atoms with van der Waals surface area (Å²) in [6, 6.07) is 16.1. The molecule has 2 aromatic carbocycles. The van der Waals surface area contributed by atoms with Crippen LogP contribution in [0.5, 0.6) is 0 Å². The predicted octanol–water partition coefficient (Wildman–Crippen LogP) is 1.63. The monoisotopic (exact) mass is 422 g/mol. The van der Waals surface area contributed by atoms with Gasteiger partial charge >= 0.3 is 51.4 Å². The Hall–Kier alpha value is -1.61. The Labute approximate surface area is 208 Å². The Balaban J connectivity index is 0.00000364. The molecule has 27 heavy (non-hydrogen) atoms. The van der Waals surface area contributed by atoms with Crippen molar-refractivity contribution in [2.24, 2.45) is 0 Å². The number of halogens is 2. The fourth-order valence-electron chi connectivity index (χ4n) is 1.99. The summed E-state index contributed by atoms with van der Waals surface area (Å²) in [5, 5.41) is 31.4. The molecule has 0 fully saturated rings. The molecule has 0 spiro atoms. The van der Waals surface area contributed by atoms with Gasteiger partial charge in [-0.3, -0.25) is 4.79 Å². The van der Waals surface area contributed by atoms with E-state index in [0.29, 0.717) is 16.1 Å². The van der Waals surface area contributed by atoms with Crippen LogP contribution < -0.4 is 56.7 Å². The summed E-state index contributed by atoms with van der Waals surface area (Å²) in [4.78, 5) is 12.4. The molecule has 0 aliphatic rings. The summed E-state index contributed by atoms with van der Waals surface area (Å²) in [6.45, 7) is 0. The van der Waals surface area contributed by atoms with E-state index in [1.54, 1.807) is 54.6 Å². The summed E-state index contributed by atoms with van der Waals surface area (Å²) in [7, 11) is 0. The van der Waals surface area contributed by atoms with E-state index < -0.39 is 17.2 Å². The van der Waals surface area contributed by atoms with Gasteiger partial charge in [0.15, 0.2) is 11.3 Å². The number of nitriles is 2. The third-order valence-electron chi connectivity index (χ3n) is 3.26. The zero-order valence-corrected chi connectivity index (χ0v) is 18.8. The maximum atomic E-state index is 12.4. The fraction of sp³-hybridized carbons (Fsp3) is 0. The molecule has 0 aromatic heterocycles. The van der Waals surface area contributed by atoms with Gasteiger partial charge in [0.05, 0.1) is 5.70 Å². The second-order valence-corrected chi connectivity index (χ2v) is 5.83. The first kappa shape index (κ1) is 23.4. The summed E-state index contributed by atoms with van der Waals surface area (Å²) < 4.78 is 0. The van der Waals surface area contributed by atoms with Crippen molar-refractivity contribution in [3.05, 3.63) is 86.7 Å². The van der Waals surface area contributed by atoms with Crippen molar-refractivity contribution in [3.63, 3.8) is 0 Å². The first-order valence-electron chi connectivity index (χ1n) is 7.23. The molecular weight excluding hydrogens is 412 g/mol. The molecule has 0 saturated heterocycles. The molecule has 0 unspecified atom stereocenters. The van der Waals surface area contributed by atoms with E-state index in [2.05, 4.69) is 5.32 Å². The minimum absolute atomic E-state index is 0. The standard InChI is InChI=1S/C19H11Cl2N3O2.K/c20-15-7-6-13(16(21)9-15)8-17(18(25)14(10-22)11-23)24-19(26)12-4-2-1-3-5-12;/h1-9,25H,(H,24,26);/q;+1/b17-8-;. The third-order valence-corrected chi connectivity index (χ3v) is 3.82. The van der Waals surface area contributed by atoms with Crippen LogP contribution in [0.2, 0.25) is 10.0 Å². The number of carbonyl (C=O) groups excluding carboxylic acids is 1. The quantitative estimate of drug-likeness (QED) is 0.338. The van der Waals surface area contributed by atoms with E-state index in [0.717, 1.165) is 0 Å². The van der Waals surface area contributed by atoms with Crippen LogP contribution in [0.1, 0.15) is 15.9 Å². The third kappa shape index (κ3) is 6.49. The maximum absolute atomic E-state index is 12.4. The molecule has 0 heterocycles. The second kappa shape index (κ2) is 11.3. The number of allylic oxidation sites excluding steroid dienone is 1. The van der Waals surface area contributed by atoms with Gasteiger partial charge in [-0.25, -0.2) is 0 Å². The number of rotatable bonds is 4. The smallest absolute Gasteiger partial charge is 0.504 e. The van der Waals surface area contributed by atoms with Crippen molar-refractivity contribution in [1.82, 2.24) is 5.32 Å². The average Bonchev–Trinajstić information content (AvgIpc) is 2.64. The molecule has 5 nitrogen and oxygen atoms in total. The van der Waals surface area contributed by atoms with Crippen LogP contribution >= 0.6 is 23.2 Å². The Kier molecular flexibility index (Phi) is 9.79. The Morgan fingerprint density at radius 2 is 1.70 bits per heavy atom. The first-order valence-corrected chi connectivity index (χ1v) is 7.98. The van der Waals surface area contributed by atoms with Crippen molar-refractivity contribution >= 4 is 35.2 Å². The van der Waals surface area contributed by atoms with E-state index in [9.17, 15) is 9.90 Å². The first-order chi connectivity index (χ1) is 12.5. The average molecular weight is 423 g/mol. The van der Waals surface area contributed by atoms with E-state index >= 15 is 0 Å². The van der Waals surface area contributed by atoms with Crippen LogP contribution in [0, 0.1) is 22.7 Å². The number of benzene rings is 2. The molecule has 0 aliphatic heterocycles. The molecule has 0 radical (unpaired) electrons.